The molecular weight excluding hydrogens is 286 g/mol. The number of hydrogen-bond donors (Lipinski definition) is 1. The normalized spacial score (nSPS) is 11.8. The van der Waals surface area contributed by atoms with E-state index in [1.807, 2.05) is 38.1 Å². The van der Waals surface area contributed by atoms with Crippen molar-refractivity contribution in [1.82, 2.24) is 0 Å². The maximum Gasteiger partial charge on any atom is 0.265 e. The van der Waals surface area contributed by atoms with Crippen LogP contribution in [0.1, 0.15) is 18.9 Å². The maximum atomic E-state index is 12.2. The fourth-order valence-electron chi connectivity index (χ4n) is 1.86. The molecule has 4 heteroatoms. The molecule has 0 spiro atoms. The van der Waals surface area contributed by atoms with Crippen molar-refractivity contribution in [2.45, 2.75) is 26.4 Å². The third-order valence-electron chi connectivity index (χ3n) is 3.07. The molecule has 0 radical (unpaired) electrons. The summed E-state index contributed by atoms with van der Waals surface area (Å²) in [5.74, 6) is 0.527. The van der Waals surface area contributed by atoms with Crippen LogP contribution in [0.2, 0.25) is 5.02 Å². The lowest BCUT2D eigenvalue weighted by Crippen LogP contribution is -2.32. The number of ether oxygens (including phenoxy) is 1. The third-order valence-corrected chi connectivity index (χ3v) is 3.33. The fraction of sp³-hybridized carbons (Fsp3) is 0.235. The van der Waals surface area contributed by atoms with Crippen LogP contribution in [-0.2, 0) is 4.79 Å². The topological polar surface area (TPSA) is 38.3 Å². The van der Waals surface area contributed by atoms with Crippen molar-refractivity contribution in [2.24, 2.45) is 0 Å². The molecule has 0 heterocycles. The predicted octanol–water partition coefficient (Wildman–Crippen LogP) is 4.44. The first-order valence-electron chi connectivity index (χ1n) is 6.88. The van der Waals surface area contributed by atoms with E-state index in [9.17, 15) is 4.79 Å². The molecule has 3 nitrogen and oxygen atoms in total. The van der Waals surface area contributed by atoms with Crippen LogP contribution in [0.3, 0.4) is 0 Å². The number of amides is 1. The summed E-state index contributed by atoms with van der Waals surface area (Å²) >= 11 is 5.82. The number of rotatable bonds is 5. The Morgan fingerprint density at radius 1 is 1.14 bits per heavy atom. The van der Waals surface area contributed by atoms with Crippen molar-refractivity contribution in [3.63, 3.8) is 0 Å². The Morgan fingerprint density at radius 2 is 1.76 bits per heavy atom. The van der Waals surface area contributed by atoms with Crippen molar-refractivity contribution >= 4 is 23.2 Å². The molecule has 0 aromatic heterocycles. The summed E-state index contributed by atoms with van der Waals surface area (Å²) in [4.78, 5) is 12.2. The standard InChI is InChI=1S/C17H18ClNO2/c1-3-16(21-15-10-4-12(2)5-11-15)17(20)19-14-8-6-13(18)7-9-14/h4-11,16H,3H2,1-2H3,(H,19,20). The van der Waals surface area contributed by atoms with Crippen LogP contribution in [0.4, 0.5) is 5.69 Å². The van der Waals surface area contributed by atoms with Crippen LogP contribution in [-0.4, -0.2) is 12.0 Å². The molecule has 2 aromatic rings. The molecule has 0 aliphatic rings. The second-order valence-corrected chi connectivity index (χ2v) is 5.26. The number of carbonyl (C=O) groups excluding carboxylic acids is 1. The molecule has 0 fully saturated rings. The smallest absolute Gasteiger partial charge is 0.265 e. The minimum Gasteiger partial charge on any atom is -0.481 e. The first kappa shape index (κ1) is 15.4. The van der Waals surface area contributed by atoms with Gasteiger partial charge in [-0.15, -0.1) is 0 Å². The van der Waals surface area contributed by atoms with Crippen molar-refractivity contribution in [1.29, 1.82) is 0 Å². The maximum absolute atomic E-state index is 12.2. The predicted molar refractivity (Wildman–Crippen MR) is 86.0 cm³/mol. The van der Waals surface area contributed by atoms with Gasteiger partial charge >= 0.3 is 0 Å². The Kier molecular flexibility index (Phi) is 5.23. The van der Waals surface area contributed by atoms with E-state index in [1.54, 1.807) is 24.3 Å². The van der Waals surface area contributed by atoms with Crippen LogP contribution in [0.25, 0.3) is 0 Å². The highest BCUT2D eigenvalue weighted by Crippen LogP contribution is 2.17. The molecule has 0 bridgehead atoms. The average molecular weight is 304 g/mol. The lowest BCUT2D eigenvalue weighted by atomic mass is 10.2. The lowest BCUT2D eigenvalue weighted by molar-refractivity contribution is -0.122. The SMILES string of the molecule is CCC(Oc1ccc(C)cc1)C(=O)Nc1ccc(Cl)cc1. The van der Waals surface area contributed by atoms with Gasteiger partial charge < -0.3 is 10.1 Å². The summed E-state index contributed by atoms with van der Waals surface area (Å²) in [6.07, 6.45) is 0.0659. The molecule has 2 aromatic carbocycles. The lowest BCUT2D eigenvalue weighted by Gasteiger charge is -2.17. The summed E-state index contributed by atoms with van der Waals surface area (Å²) in [6.45, 7) is 3.93. The average Bonchev–Trinajstić information content (AvgIpc) is 2.49. The molecule has 1 unspecified atom stereocenters. The van der Waals surface area contributed by atoms with Crippen LogP contribution in [0, 0.1) is 6.92 Å². The second-order valence-electron chi connectivity index (χ2n) is 4.82. The largest absolute Gasteiger partial charge is 0.481 e. The molecule has 2 rings (SSSR count). The number of aryl methyl sites for hydroxylation is 1. The molecule has 0 aliphatic carbocycles. The van der Waals surface area contributed by atoms with Crippen LogP contribution >= 0.6 is 11.6 Å². The minimum absolute atomic E-state index is 0.166. The Morgan fingerprint density at radius 3 is 2.33 bits per heavy atom. The zero-order chi connectivity index (χ0) is 15.2. The van der Waals surface area contributed by atoms with Gasteiger partial charge in [-0.1, -0.05) is 36.2 Å². The van der Waals surface area contributed by atoms with Gasteiger partial charge in [0.1, 0.15) is 5.75 Å². The first-order chi connectivity index (χ1) is 10.1. The zero-order valence-corrected chi connectivity index (χ0v) is 12.9. The van der Waals surface area contributed by atoms with Gasteiger partial charge in [0.2, 0.25) is 0 Å². The van der Waals surface area contributed by atoms with Crippen molar-refractivity contribution in [3.05, 3.63) is 59.1 Å². The molecule has 1 N–H and O–H groups in total. The first-order valence-corrected chi connectivity index (χ1v) is 7.26. The number of anilines is 1. The van der Waals surface area contributed by atoms with Crippen LogP contribution in [0.15, 0.2) is 48.5 Å². The highest BCUT2D eigenvalue weighted by molar-refractivity contribution is 6.30. The van der Waals surface area contributed by atoms with Crippen molar-refractivity contribution in [2.75, 3.05) is 5.32 Å². The molecule has 21 heavy (non-hydrogen) atoms. The molecule has 1 atom stereocenters. The van der Waals surface area contributed by atoms with Gasteiger partial charge in [-0.3, -0.25) is 4.79 Å². The van der Waals surface area contributed by atoms with Gasteiger partial charge in [-0.2, -0.15) is 0 Å². The van der Waals surface area contributed by atoms with E-state index in [-0.39, 0.29) is 5.91 Å². The van der Waals surface area contributed by atoms with E-state index in [1.165, 1.54) is 0 Å². The van der Waals surface area contributed by atoms with Crippen LogP contribution in [0.5, 0.6) is 5.75 Å². The van der Waals surface area contributed by atoms with E-state index in [2.05, 4.69) is 5.32 Å². The number of halogens is 1. The van der Waals surface area contributed by atoms with Gasteiger partial charge in [0.25, 0.3) is 5.91 Å². The van der Waals surface area contributed by atoms with Gasteiger partial charge in [-0.05, 0) is 49.7 Å². The highest BCUT2D eigenvalue weighted by Gasteiger charge is 2.18. The van der Waals surface area contributed by atoms with Gasteiger partial charge in [-0.25, -0.2) is 0 Å². The number of benzene rings is 2. The third kappa shape index (κ3) is 4.50. The van der Waals surface area contributed by atoms with Crippen LogP contribution < -0.4 is 10.1 Å². The van der Waals surface area contributed by atoms with E-state index in [0.29, 0.717) is 22.9 Å². The van der Waals surface area contributed by atoms with Crippen molar-refractivity contribution in [3.8, 4) is 5.75 Å². The van der Waals surface area contributed by atoms with Gasteiger partial charge in [0.15, 0.2) is 6.10 Å². The Bertz CT molecular complexity index is 593. The zero-order valence-electron chi connectivity index (χ0n) is 12.1. The van der Waals surface area contributed by atoms with E-state index < -0.39 is 6.10 Å². The summed E-state index contributed by atoms with van der Waals surface area (Å²) in [6, 6.07) is 14.6. The second kappa shape index (κ2) is 7.14. The quantitative estimate of drug-likeness (QED) is 0.886. The van der Waals surface area contributed by atoms with Gasteiger partial charge in [0.05, 0.1) is 0 Å². The van der Waals surface area contributed by atoms with Gasteiger partial charge in [0, 0.05) is 10.7 Å². The Hall–Kier alpha value is -2.00. The molecule has 0 saturated heterocycles. The van der Waals surface area contributed by atoms with Crippen molar-refractivity contribution < 1.29 is 9.53 Å². The molecule has 1 amide bonds. The number of hydrogen-bond acceptors (Lipinski definition) is 2. The molecular formula is C17H18ClNO2. The van der Waals surface area contributed by atoms with E-state index in [0.717, 1.165) is 5.56 Å². The highest BCUT2D eigenvalue weighted by atomic mass is 35.5. The molecule has 0 aliphatic heterocycles. The van der Waals surface area contributed by atoms with E-state index in [4.69, 9.17) is 16.3 Å². The summed E-state index contributed by atoms with van der Waals surface area (Å²) in [7, 11) is 0. The number of carbonyl (C=O) groups is 1. The molecule has 0 saturated carbocycles. The summed E-state index contributed by atoms with van der Waals surface area (Å²) < 4.78 is 5.74. The minimum atomic E-state index is -0.525. The fourth-order valence-corrected chi connectivity index (χ4v) is 1.99. The summed E-state index contributed by atoms with van der Waals surface area (Å²) in [5, 5.41) is 3.46. The Labute approximate surface area is 129 Å². The molecule has 110 valence electrons. The monoisotopic (exact) mass is 303 g/mol. The number of nitrogens with one attached hydrogen (secondary N) is 1. The van der Waals surface area contributed by atoms with E-state index >= 15 is 0 Å². The summed E-state index contributed by atoms with van der Waals surface area (Å²) in [5.41, 5.74) is 1.86. The Balaban J connectivity index is 2.01.